The summed E-state index contributed by atoms with van der Waals surface area (Å²) in [7, 11) is 0. The number of unbranched alkanes of at least 4 members (excludes halogenated alkanes) is 1. The van der Waals surface area contributed by atoms with E-state index in [0.717, 1.165) is 0 Å². The van der Waals surface area contributed by atoms with Gasteiger partial charge < -0.3 is 44.6 Å². The molecule has 15 nitrogen and oxygen atoms in total. The van der Waals surface area contributed by atoms with Crippen LogP contribution in [-0.2, 0) is 34.0 Å². The summed E-state index contributed by atoms with van der Waals surface area (Å²) < 4.78 is 4.40. The van der Waals surface area contributed by atoms with E-state index in [1.807, 2.05) is 0 Å². The Morgan fingerprint density at radius 2 is 0.978 bits per heavy atom. The summed E-state index contributed by atoms with van der Waals surface area (Å²) >= 11 is 0. The van der Waals surface area contributed by atoms with Gasteiger partial charge in [-0.05, 0) is 40.0 Å². The second-order valence-electron chi connectivity index (χ2n) is 10.9. The number of rotatable bonds is 15. The van der Waals surface area contributed by atoms with Gasteiger partial charge in [0.1, 0.15) is 19.6 Å². The molecule has 3 aromatic rings. The van der Waals surface area contributed by atoms with Crippen molar-refractivity contribution in [1.29, 1.82) is 0 Å². The van der Waals surface area contributed by atoms with Crippen molar-refractivity contribution in [3.8, 4) is 17.2 Å². The maximum atomic E-state index is 13.3. The van der Waals surface area contributed by atoms with Crippen molar-refractivity contribution in [2.75, 3.05) is 26.2 Å². The van der Waals surface area contributed by atoms with Crippen LogP contribution in [-0.4, -0.2) is 77.8 Å². The Hall–Kier alpha value is -5.34. The molecule has 0 spiro atoms. The molecule has 3 aromatic heterocycles. The number of aromatic hydroxyl groups is 3. The van der Waals surface area contributed by atoms with E-state index in [1.165, 1.54) is 71.3 Å². The number of aromatic nitrogens is 3. The highest BCUT2D eigenvalue weighted by molar-refractivity contribution is 5.77. The molecule has 0 aliphatic carbocycles. The maximum absolute atomic E-state index is 13.3. The lowest BCUT2D eigenvalue weighted by molar-refractivity contribution is -0.132. The van der Waals surface area contributed by atoms with Crippen LogP contribution >= 0.6 is 0 Å². The molecule has 0 fully saturated rings. The number of hydrogen-bond donors (Lipinski definition) is 5. The fourth-order valence-electron chi connectivity index (χ4n) is 4.68. The van der Waals surface area contributed by atoms with Crippen LogP contribution in [0.2, 0.25) is 0 Å². The third-order valence-corrected chi connectivity index (χ3v) is 7.63. The molecule has 0 unspecified atom stereocenters. The summed E-state index contributed by atoms with van der Waals surface area (Å²) in [6.07, 6.45) is 5.80. The fourth-order valence-corrected chi connectivity index (χ4v) is 4.68. The monoisotopic (exact) mass is 640 g/mol. The summed E-state index contributed by atoms with van der Waals surface area (Å²) in [5, 5.41) is 35.2. The zero-order valence-electron chi connectivity index (χ0n) is 26.1. The molecule has 248 valence electrons. The molecule has 15 heteroatoms. The summed E-state index contributed by atoms with van der Waals surface area (Å²) in [4.78, 5) is 74.5. The predicted molar refractivity (Wildman–Crippen MR) is 168 cm³/mol. The van der Waals surface area contributed by atoms with Crippen LogP contribution in [0.5, 0.6) is 17.2 Å². The van der Waals surface area contributed by atoms with Crippen LogP contribution in [0.3, 0.4) is 0 Å². The number of amides is 3. The molecule has 3 rings (SSSR count). The molecule has 0 atom stereocenters. The van der Waals surface area contributed by atoms with Gasteiger partial charge in [0, 0.05) is 63.0 Å². The molecule has 0 bridgehead atoms. The Kier molecular flexibility index (Phi) is 12.3. The van der Waals surface area contributed by atoms with E-state index in [2.05, 4.69) is 10.6 Å². The zero-order chi connectivity index (χ0) is 34.0. The SMILES string of the molecule is Cc1c(O)c(=O)ccn1CC(=O)NCCCCN(CCCNC(=O)Cn1ccc(=O)c(O)c1C)C(=O)Cn1ccc(=O)c(O)c1C. The van der Waals surface area contributed by atoms with Crippen LogP contribution < -0.4 is 26.9 Å². The average molecular weight is 641 g/mol. The lowest BCUT2D eigenvalue weighted by atomic mass is 10.2. The van der Waals surface area contributed by atoms with Crippen LogP contribution in [0, 0.1) is 20.8 Å². The summed E-state index contributed by atoms with van der Waals surface area (Å²) in [6.45, 7) is 5.52. The summed E-state index contributed by atoms with van der Waals surface area (Å²) in [5.74, 6) is -2.17. The van der Waals surface area contributed by atoms with E-state index < -0.39 is 33.5 Å². The van der Waals surface area contributed by atoms with E-state index in [0.29, 0.717) is 38.9 Å². The van der Waals surface area contributed by atoms with Crippen molar-refractivity contribution in [2.24, 2.45) is 0 Å². The summed E-state index contributed by atoms with van der Waals surface area (Å²) in [6, 6.07) is 3.54. The first-order valence-electron chi connectivity index (χ1n) is 14.8. The average Bonchev–Trinajstić information content (AvgIpc) is 3.02. The smallest absolute Gasteiger partial charge is 0.242 e. The third kappa shape index (κ3) is 9.33. The number of hydrogen-bond acceptors (Lipinski definition) is 9. The molecule has 0 aliphatic heterocycles. The lowest BCUT2D eigenvalue weighted by Crippen LogP contribution is -2.38. The zero-order valence-corrected chi connectivity index (χ0v) is 26.1. The highest BCUT2D eigenvalue weighted by atomic mass is 16.3. The first-order valence-corrected chi connectivity index (χ1v) is 14.8. The van der Waals surface area contributed by atoms with Crippen LogP contribution in [0.1, 0.15) is 36.3 Å². The van der Waals surface area contributed by atoms with Crippen molar-refractivity contribution in [1.82, 2.24) is 29.2 Å². The lowest BCUT2D eigenvalue weighted by Gasteiger charge is -2.24. The first-order chi connectivity index (χ1) is 21.8. The molecule has 0 radical (unpaired) electrons. The highest BCUT2D eigenvalue weighted by Gasteiger charge is 2.17. The van der Waals surface area contributed by atoms with Gasteiger partial charge in [0.15, 0.2) is 17.2 Å². The van der Waals surface area contributed by atoms with E-state index in [4.69, 9.17) is 0 Å². The molecule has 0 aromatic carbocycles. The first kappa shape index (κ1) is 35.1. The molecule has 0 saturated heterocycles. The minimum atomic E-state index is -0.545. The fraction of sp³-hybridized carbons (Fsp3) is 0.419. The topological polar surface area (TPSA) is 205 Å². The molecule has 3 amide bonds. The molecule has 0 saturated carbocycles. The largest absolute Gasteiger partial charge is 0.503 e. The van der Waals surface area contributed by atoms with Crippen molar-refractivity contribution in [3.63, 3.8) is 0 Å². The second kappa shape index (κ2) is 16.1. The summed E-state index contributed by atoms with van der Waals surface area (Å²) in [5.41, 5.74) is -0.792. The van der Waals surface area contributed by atoms with E-state index >= 15 is 0 Å². The Labute approximate surface area is 264 Å². The highest BCUT2D eigenvalue weighted by Crippen LogP contribution is 2.12. The Morgan fingerprint density at radius 1 is 0.609 bits per heavy atom. The Morgan fingerprint density at radius 3 is 1.41 bits per heavy atom. The van der Waals surface area contributed by atoms with Gasteiger partial charge in [-0.15, -0.1) is 0 Å². The number of carbonyl (C=O) groups is 3. The van der Waals surface area contributed by atoms with Gasteiger partial charge in [-0.3, -0.25) is 28.8 Å². The quantitative estimate of drug-likeness (QED) is 0.140. The number of pyridine rings is 3. The molecule has 0 aliphatic rings. The van der Waals surface area contributed by atoms with Crippen molar-refractivity contribution < 1.29 is 29.7 Å². The molecular formula is C31H40N6O9. The van der Waals surface area contributed by atoms with Gasteiger partial charge in [-0.1, -0.05) is 0 Å². The molecule has 3 heterocycles. The van der Waals surface area contributed by atoms with Crippen LogP contribution in [0.15, 0.2) is 51.2 Å². The van der Waals surface area contributed by atoms with Crippen molar-refractivity contribution in [2.45, 2.75) is 59.7 Å². The van der Waals surface area contributed by atoms with Crippen LogP contribution in [0.4, 0.5) is 0 Å². The standard InChI is InChI=1S/C31H40N6O9/c1-20-29(44)23(38)7-14-35(20)17-26(41)32-10-4-5-12-34(28(43)19-37-16-9-25(40)31(46)22(37)3)13-6-11-33-27(42)18-36-15-8-24(39)30(45)21(36)2/h7-9,14-16,44-46H,4-6,10-13,17-19H2,1-3H3,(H,32,41)(H,33,42). The number of nitrogens with zero attached hydrogens (tertiary/aromatic N) is 4. The van der Waals surface area contributed by atoms with Crippen molar-refractivity contribution in [3.05, 3.63) is 84.5 Å². The minimum Gasteiger partial charge on any atom is -0.503 e. The maximum Gasteiger partial charge on any atom is 0.242 e. The Bertz CT molecular complexity index is 1760. The molecule has 5 N–H and O–H groups in total. The predicted octanol–water partition coefficient (Wildman–Crippen LogP) is -0.155. The minimum absolute atomic E-state index is 0.0786. The van der Waals surface area contributed by atoms with Gasteiger partial charge in [0.2, 0.25) is 34.0 Å². The Balaban J connectivity index is 1.53. The van der Waals surface area contributed by atoms with Gasteiger partial charge in [-0.2, -0.15) is 0 Å². The van der Waals surface area contributed by atoms with Gasteiger partial charge in [0.05, 0.1) is 17.1 Å². The second-order valence-corrected chi connectivity index (χ2v) is 10.9. The van der Waals surface area contributed by atoms with E-state index in [1.54, 1.807) is 4.90 Å². The number of nitrogens with one attached hydrogen (secondary N) is 2. The normalized spacial score (nSPS) is 10.8. The van der Waals surface area contributed by atoms with Crippen molar-refractivity contribution >= 4 is 17.7 Å². The van der Waals surface area contributed by atoms with E-state index in [-0.39, 0.29) is 61.0 Å². The van der Waals surface area contributed by atoms with Gasteiger partial charge in [0.25, 0.3) is 0 Å². The van der Waals surface area contributed by atoms with Crippen LogP contribution in [0.25, 0.3) is 0 Å². The number of carbonyl (C=O) groups excluding carboxylic acids is 3. The van der Waals surface area contributed by atoms with Gasteiger partial charge in [-0.25, -0.2) is 0 Å². The molecular weight excluding hydrogens is 600 g/mol. The third-order valence-electron chi connectivity index (χ3n) is 7.63. The van der Waals surface area contributed by atoms with Gasteiger partial charge >= 0.3 is 0 Å². The molecule has 46 heavy (non-hydrogen) atoms. The van der Waals surface area contributed by atoms with E-state index in [9.17, 15) is 44.1 Å².